The molecule has 0 bridgehead atoms. The van der Waals surface area contributed by atoms with Crippen molar-refractivity contribution in [2.75, 3.05) is 10.6 Å². The predicted molar refractivity (Wildman–Crippen MR) is 98.3 cm³/mol. The molecule has 0 radical (unpaired) electrons. The van der Waals surface area contributed by atoms with Crippen LogP contribution < -0.4 is 15.4 Å². The van der Waals surface area contributed by atoms with Crippen molar-refractivity contribution in [1.82, 2.24) is 15.0 Å². The molecular formula is C19H16F3N5O. The summed E-state index contributed by atoms with van der Waals surface area (Å²) < 4.78 is 41.3. The summed E-state index contributed by atoms with van der Waals surface area (Å²) in [5.41, 5.74) is 1.87. The van der Waals surface area contributed by atoms with Crippen LogP contribution in [0.1, 0.15) is 12.8 Å². The second-order valence-electron chi connectivity index (χ2n) is 6.32. The van der Waals surface area contributed by atoms with Crippen LogP contribution in [0, 0.1) is 0 Å². The SMILES string of the molecule is FC(F)(F)Oc1cccc(Nc2cc(-c3cccnc3)nc(NC3CC3)n2)c1. The summed E-state index contributed by atoms with van der Waals surface area (Å²) in [4.78, 5) is 13.0. The zero-order valence-electron chi connectivity index (χ0n) is 14.6. The molecule has 4 rings (SSSR count). The van der Waals surface area contributed by atoms with Gasteiger partial charge >= 0.3 is 6.36 Å². The minimum Gasteiger partial charge on any atom is -0.406 e. The number of nitrogens with zero attached hydrogens (tertiary/aromatic N) is 3. The highest BCUT2D eigenvalue weighted by Crippen LogP contribution is 2.29. The molecule has 1 fully saturated rings. The quantitative estimate of drug-likeness (QED) is 0.636. The maximum atomic E-state index is 12.4. The highest BCUT2D eigenvalue weighted by atomic mass is 19.4. The van der Waals surface area contributed by atoms with Crippen LogP contribution in [0.15, 0.2) is 54.9 Å². The first-order valence-electron chi connectivity index (χ1n) is 8.63. The molecule has 0 amide bonds. The van der Waals surface area contributed by atoms with Crippen molar-refractivity contribution in [3.63, 3.8) is 0 Å². The van der Waals surface area contributed by atoms with E-state index in [-0.39, 0.29) is 5.75 Å². The average molecular weight is 387 g/mol. The fourth-order valence-corrected chi connectivity index (χ4v) is 2.57. The number of pyridine rings is 1. The monoisotopic (exact) mass is 387 g/mol. The first-order chi connectivity index (χ1) is 13.4. The first kappa shape index (κ1) is 18.0. The maximum absolute atomic E-state index is 12.4. The Morgan fingerprint density at radius 3 is 2.61 bits per heavy atom. The lowest BCUT2D eigenvalue weighted by Gasteiger charge is -2.13. The Hall–Kier alpha value is -3.36. The van der Waals surface area contributed by atoms with Gasteiger partial charge in [0.15, 0.2) is 0 Å². The molecule has 0 aliphatic heterocycles. The number of benzene rings is 1. The van der Waals surface area contributed by atoms with Crippen LogP contribution in [0.5, 0.6) is 5.75 Å². The number of nitrogens with one attached hydrogen (secondary N) is 2. The fourth-order valence-electron chi connectivity index (χ4n) is 2.57. The Balaban J connectivity index is 1.62. The van der Waals surface area contributed by atoms with Gasteiger partial charge in [0.05, 0.1) is 5.69 Å². The van der Waals surface area contributed by atoms with Crippen LogP contribution >= 0.6 is 0 Å². The van der Waals surface area contributed by atoms with Crippen molar-refractivity contribution in [1.29, 1.82) is 0 Å². The molecule has 9 heteroatoms. The molecule has 2 heterocycles. The zero-order chi connectivity index (χ0) is 19.6. The van der Waals surface area contributed by atoms with Crippen LogP contribution in [0.25, 0.3) is 11.3 Å². The Morgan fingerprint density at radius 1 is 1.04 bits per heavy atom. The van der Waals surface area contributed by atoms with E-state index in [0.29, 0.717) is 29.2 Å². The predicted octanol–water partition coefficient (Wildman–Crippen LogP) is 4.76. The number of anilines is 3. The average Bonchev–Trinajstić information content (AvgIpc) is 3.45. The van der Waals surface area contributed by atoms with Gasteiger partial charge in [-0.05, 0) is 37.1 Å². The molecule has 0 atom stereocenters. The van der Waals surface area contributed by atoms with Gasteiger partial charge in [0.1, 0.15) is 11.6 Å². The third-order valence-electron chi connectivity index (χ3n) is 3.93. The van der Waals surface area contributed by atoms with Crippen molar-refractivity contribution in [3.8, 4) is 17.0 Å². The van der Waals surface area contributed by atoms with Gasteiger partial charge in [-0.15, -0.1) is 13.2 Å². The molecule has 28 heavy (non-hydrogen) atoms. The Kier molecular flexibility index (Phi) is 4.72. The number of rotatable bonds is 6. The second-order valence-corrected chi connectivity index (χ2v) is 6.32. The summed E-state index contributed by atoms with van der Waals surface area (Å²) in [6.45, 7) is 0. The molecule has 6 nitrogen and oxygen atoms in total. The van der Waals surface area contributed by atoms with Gasteiger partial charge in [-0.2, -0.15) is 4.98 Å². The van der Waals surface area contributed by atoms with Crippen molar-refractivity contribution in [2.45, 2.75) is 25.2 Å². The lowest BCUT2D eigenvalue weighted by molar-refractivity contribution is -0.274. The third-order valence-corrected chi connectivity index (χ3v) is 3.93. The van der Waals surface area contributed by atoms with E-state index in [2.05, 4.69) is 30.3 Å². The van der Waals surface area contributed by atoms with Gasteiger partial charge < -0.3 is 15.4 Å². The van der Waals surface area contributed by atoms with E-state index in [4.69, 9.17) is 0 Å². The molecule has 1 saturated carbocycles. The van der Waals surface area contributed by atoms with E-state index in [1.807, 2.05) is 6.07 Å². The summed E-state index contributed by atoms with van der Waals surface area (Å²) in [6, 6.07) is 11.3. The van der Waals surface area contributed by atoms with Gasteiger partial charge in [-0.25, -0.2) is 4.98 Å². The minimum atomic E-state index is -4.75. The van der Waals surface area contributed by atoms with Gasteiger partial charge in [0.25, 0.3) is 0 Å². The third kappa shape index (κ3) is 4.87. The molecule has 3 aromatic rings. The van der Waals surface area contributed by atoms with E-state index >= 15 is 0 Å². The molecule has 0 unspecified atom stereocenters. The normalized spacial score (nSPS) is 13.8. The minimum absolute atomic E-state index is 0.310. The maximum Gasteiger partial charge on any atom is 0.573 e. The lowest BCUT2D eigenvalue weighted by atomic mass is 10.2. The van der Waals surface area contributed by atoms with Crippen LogP contribution in [0.3, 0.4) is 0 Å². The van der Waals surface area contributed by atoms with Crippen LogP contribution in [0.4, 0.5) is 30.6 Å². The summed E-state index contributed by atoms with van der Waals surface area (Å²) in [7, 11) is 0. The molecule has 0 saturated heterocycles. The Labute approximate surface area is 158 Å². The first-order valence-corrected chi connectivity index (χ1v) is 8.63. The molecule has 1 aromatic carbocycles. The lowest BCUT2D eigenvalue weighted by Crippen LogP contribution is -2.17. The van der Waals surface area contributed by atoms with Gasteiger partial charge in [0, 0.05) is 41.8 Å². The number of aromatic nitrogens is 3. The van der Waals surface area contributed by atoms with Crippen LogP contribution in [0.2, 0.25) is 0 Å². The van der Waals surface area contributed by atoms with Crippen LogP contribution in [-0.2, 0) is 0 Å². The summed E-state index contributed by atoms with van der Waals surface area (Å²) >= 11 is 0. The van der Waals surface area contributed by atoms with Crippen LogP contribution in [-0.4, -0.2) is 27.4 Å². The number of hydrogen-bond acceptors (Lipinski definition) is 6. The highest BCUT2D eigenvalue weighted by Gasteiger charge is 2.31. The molecule has 0 spiro atoms. The number of halogens is 3. The molecule has 144 valence electrons. The summed E-state index contributed by atoms with van der Waals surface area (Å²) in [5.74, 6) is 0.588. The molecule has 2 aromatic heterocycles. The van der Waals surface area contributed by atoms with E-state index in [1.165, 1.54) is 18.2 Å². The molecule has 2 N–H and O–H groups in total. The second kappa shape index (κ2) is 7.34. The molecule has 1 aliphatic carbocycles. The van der Waals surface area contributed by atoms with E-state index < -0.39 is 6.36 Å². The molecule has 1 aliphatic rings. The standard InChI is InChI=1S/C19H16F3N5O/c20-19(21,22)28-15-5-1-4-14(9-15)24-17-10-16(12-3-2-8-23-11-12)26-18(27-17)25-13-6-7-13/h1-5,8-11,13H,6-7H2,(H2,24,25,26,27). The van der Waals surface area contributed by atoms with Gasteiger partial charge in [-0.1, -0.05) is 6.07 Å². The smallest absolute Gasteiger partial charge is 0.406 e. The van der Waals surface area contributed by atoms with E-state index in [9.17, 15) is 13.2 Å². The van der Waals surface area contributed by atoms with Crippen molar-refractivity contribution >= 4 is 17.5 Å². The zero-order valence-corrected chi connectivity index (χ0v) is 14.6. The van der Waals surface area contributed by atoms with Crippen molar-refractivity contribution in [3.05, 3.63) is 54.9 Å². The van der Waals surface area contributed by atoms with Gasteiger partial charge in [-0.3, -0.25) is 4.98 Å². The number of ether oxygens (including phenoxy) is 1. The summed E-state index contributed by atoms with van der Waals surface area (Å²) in [5, 5.41) is 6.25. The van der Waals surface area contributed by atoms with Crippen molar-refractivity contribution in [2.24, 2.45) is 0 Å². The summed E-state index contributed by atoms with van der Waals surface area (Å²) in [6.07, 6.45) is 0.715. The topological polar surface area (TPSA) is 72.0 Å². The number of hydrogen-bond donors (Lipinski definition) is 2. The fraction of sp³-hybridized carbons (Fsp3) is 0.211. The Morgan fingerprint density at radius 2 is 1.89 bits per heavy atom. The van der Waals surface area contributed by atoms with E-state index in [0.717, 1.165) is 18.4 Å². The van der Waals surface area contributed by atoms with Gasteiger partial charge in [0.2, 0.25) is 5.95 Å². The molecular weight excluding hydrogens is 371 g/mol. The highest BCUT2D eigenvalue weighted by molar-refractivity contribution is 5.67. The largest absolute Gasteiger partial charge is 0.573 e. The van der Waals surface area contributed by atoms with E-state index in [1.54, 1.807) is 30.6 Å². The van der Waals surface area contributed by atoms with Crippen molar-refractivity contribution < 1.29 is 17.9 Å². The Bertz CT molecular complexity index is 961. The number of alkyl halides is 3.